The molecule has 1 spiro atoms. The number of hydrogen-bond donors (Lipinski definition) is 0. The van der Waals surface area contributed by atoms with Gasteiger partial charge in [0.15, 0.2) is 0 Å². The van der Waals surface area contributed by atoms with E-state index in [0.29, 0.717) is 0 Å². The largest absolute Gasteiger partial charge is 0.310 e. The van der Waals surface area contributed by atoms with Gasteiger partial charge in [0.2, 0.25) is 0 Å². The molecule has 0 saturated carbocycles. The third-order valence-corrected chi connectivity index (χ3v) is 14.8. The molecule has 0 aromatic heterocycles. The van der Waals surface area contributed by atoms with Crippen LogP contribution >= 0.6 is 0 Å². The van der Waals surface area contributed by atoms with E-state index >= 15 is 0 Å². The summed E-state index contributed by atoms with van der Waals surface area (Å²) >= 11 is 0. The number of para-hydroxylation sites is 2. The Morgan fingerprint density at radius 1 is 0.309 bits per heavy atom. The van der Waals surface area contributed by atoms with Gasteiger partial charge in [-0.15, -0.1) is 0 Å². The van der Waals surface area contributed by atoms with Gasteiger partial charge in [-0.25, -0.2) is 0 Å². The number of rotatable bonds is 7. The van der Waals surface area contributed by atoms with Gasteiger partial charge in [-0.05, 0) is 121 Å². The summed E-state index contributed by atoms with van der Waals surface area (Å²) in [6.45, 7) is 4.87. The molecule has 2 nitrogen and oxygen atoms in total. The number of benzene rings is 11. The molecule has 0 aliphatic heterocycles. The third kappa shape index (κ3) is 5.84. The fourth-order valence-electron chi connectivity index (χ4n) is 12.1. The minimum absolute atomic E-state index is 0.382. The fourth-order valence-corrected chi connectivity index (χ4v) is 12.1. The number of fused-ring (bicyclic) bond motifs is 12. The molecule has 2 aliphatic rings. The van der Waals surface area contributed by atoms with Crippen LogP contribution in [0.4, 0.5) is 34.1 Å². The van der Waals surface area contributed by atoms with Gasteiger partial charge in [0.1, 0.15) is 0 Å². The van der Waals surface area contributed by atoms with Crippen molar-refractivity contribution in [3.05, 3.63) is 288 Å². The maximum absolute atomic E-state index is 2.52. The zero-order chi connectivity index (χ0) is 45.4. The molecule has 1 unspecified atom stereocenters. The van der Waals surface area contributed by atoms with Crippen molar-refractivity contribution in [2.45, 2.75) is 24.7 Å². The first kappa shape index (κ1) is 39.9. The van der Waals surface area contributed by atoms with Crippen LogP contribution in [0.1, 0.15) is 47.2 Å². The fraction of sp³-hybridized carbons (Fsp3) is 0.0606. The van der Waals surface area contributed by atoms with Crippen LogP contribution in [-0.2, 0) is 10.8 Å². The van der Waals surface area contributed by atoms with Gasteiger partial charge in [0.25, 0.3) is 0 Å². The zero-order valence-corrected chi connectivity index (χ0v) is 38.1. The molecule has 0 radical (unpaired) electrons. The quantitative estimate of drug-likeness (QED) is 0.147. The average molecular weight is 869 g/mol. The van der Waals surface area contributed by atoms with Gasteiger partial charge >= 0.3 is 0 Å². The van der Waals surface area contributed by atoms with Crippen LogP contribution in [-0.4, -0.2) is 0 Å². The maximum Gasteiger partial charge on any atom is 0.0721 e. The highest BCUT2D eigenvalue weighted by Crippen LogP contribution is 2.65. The Morgan fingerprint density at radius 3 is 1.57 bits per heavy atom. The van der Waals surface area contributed by atoms with Gasteiger partial charge < -0.3 is 9.80 Å². The van der Waals surface area contributed by atoms with Crippen molar-refractivity contribution in [3.63, 3.8) is 0 Å². The van der Waals surface area contributed by atoms with Crippen LogP contribution in [0.3, 0.4) is 0 Å². The summed E-state index contributed by atoms with van der Waals surface area (Å²) in [6, 6.07) is 94.4. The lowest BCUT2D eigenvalue weighted by molar-refractivity contribution is 0.564. The molecule has 0 heterocycles. The molecule has 0 amide bonds. The summed E-state index contributed by atoms with van der Waals surface area (Å²) in [7, 11) is 0. The van der Waals surface area contributed by atoms with Crippen molar-refractivity contribution in [2.75, 3.05) is 9.80 Å². The molecule has 0 N–H and O–H groups in total. The van der Waals surface area contributed by atoms with Gasteiger partial charge in [0.05, 0.1) is 22.5 Å². The Bertz CT molecular complexity index is 3720. The van der Waals surface area contributed by atoms with Crippen LogP contribution in [0.2, 0.25) is 0 Å². The van der Waals surface area contributed by atoms with E-state index in [1.165, 1.54) is 82.9 Å². The molecule has 0 saturated heterocycles. The average Bonchev–Trinajstić information content (AvgIpc) is 3.70. The van der Waals surface area contributed by atoms with Crippen LogP contribution in [0.5, 0.6) is 0 Å². The molecular weight excluding hydrogens is 821 g/mol. The standard InChI is InChI=1S/C66H48N2/c1-65(2)56-37-18-19-38-57(56)66(59-40-22-42-61(64(59)65)67(48-27-8-4-9-28-48)50-31-20-26-46(43-50)45-23-6-3-7-24-45)55-36-17-16-35-54(55)63-58(66)39-21-41-60(63)68(49-29-10-5-11-30-49)62-44-47-25-12-13-32-51(47)52-33-14-15-34-53(52)62/h3-44H,1-2H3. The minimum atomic E-state index is -0.637. The summed E-state index contributed by atoms with van der Waals surface area (Å²) in [5, 5.41) is 4.93. The van der Waals surface area contributed by atoms with E-state index in [1.54, 1.807) is 0 Å². The molecule has 1 atom stereocenters. The summed E-state index contributed by atoms with van der Waals surface area (Å²) in [6.07, 6.45) is 0. The van der Waals surface area contributed by atoms with Crippen molar-refractivity contribution in [2.24, 2.45) is 0 Å². The van der Waals surface area contributed by atoms with Gasteiger partial charge in [-0.2, -0.15) is 0 Å². The first-order valence-corrected chi connectivity index (χ1v) is 23.8. The molecule has 11 aromatic rings. The van der Waals surface area contributed by atoms with E-state index in [0.717, 1.165) is 28.4 Å². The highest BCUT2D eigenvalue weighted by Gasteiger charge is 2.55. The molecule has 68 heavy (non-hydrogen) atoms. The van der Waals surface area contributed by atoms with Gasteiger partial charge in [-0.3, -0.25) is 0 Å². The Morgan fingerprint density at radius 2 is 0.824 bits per heavy atom. The van der Waals surface area contributed by atoms with E-state index in [2.05, 4.69) is 278 Å². The monoisotopic (exact) mass is 868 g/mol. The molecule has 0 bridgehead atoms. The SMILES string of the molecule is CC1(C)c2ccccc2C2(c3ccccc3-c3c(N(c4ccccc4)c4cc5ccccc5c5ccccc45)cccc32)c2cccc(N(c3ccccc3)c3cccc(-c4ccccc4)c3)c21. The predicted octanol–water partition coefficient (Wildman–Crippen LogP) is 17.6. The Labute approximate surface area is 398 Å². The lowest BCUT2D eigenvalue weighted by Crippen LogP contribution is -2.41. The molecule has 2 aliphatic carbocycles. The van der Waals surface area contributed by atoms with Crippen molar-refractivity contribution in [3.8, 4) is 22.3 Å². The first-order valence-electron chi connectivity index (χ1n) is 23.8. The smallest absolute Gasteiger partial charge is 0.0721 e. The maximum atomic E-state index is 2.52. The topological polar surface area (TPSA) is 6.48 Å². The highest BCUT2D eigenvalue weighted by molar-refractivity contribution is 6.15. The summed E-state index contributed by atoms with van der Waals surface area (Å²) < 4.78 is 0. The number of hydrogen-bond acceptors (Lipinski definition) is 2. The molecular formula is C66H48N2. The molecule has 2 heteroatoms. The normalized spacial score (nSPS) is 15.1. The van der Waals surface area contributed by atoms with E-state index in [4.69, 9.17) is 0 Å². The van der Waals surface area contributed by atoms with Crippen LogP contribution in [0, 0.1) is 0 Å². The first-order chi connectivity index (χ1) is 33.5. The van der Waals surface area contributed by atoms with Crippen LogP contribution in [0.15, 0.2) is 255 Å². The van der Waals surface area contributed by atoms with Crippen molar-refractivity contribution in [1.82, 2.24) is 0 Å². The van der Waals surface area contributed by atoms with Gasteiger partial charge in [0, 0.05) is 33.4 Å². The highest BCUT2D eigenvalue weighted by atomic mass is 15.2. The Kier molecular flexibility index (Phi) is 9.13. The van der Waals surface area contributed by atoms with Crippen molar-refractivity contribution in [1.29, 1.82) is 0 Å². The van der Waals surface area contributed by atoms with Crippen LogP contribution in [0.25, 0.3) is 43.8 Å². The number of anilines is 6. The second-order valence-electron chi connectivity index (χ2n) is 18.8. The molecule has 0 fully saturated rings. The molecule has 13 rings (SSSR count). The number of nitrogens with zero attached hydrogens (tertiary/aromatic N) is 2. The summed E-state index contributed by atoms with van der Waals surface area (Å²) in [5.74, 6) is 0. The van der Waals surface area contributed by atoms with E-state index < -0.39 is 5.41 Å². The van der Waals surface area contributed by atoms with Gasteiger partial charge in [-0.1, -0.05) is 214 Å². The van der Waals surface area contributed by atoms with Crippen molar-refractivity contribution < 1.29 is 0 Å². The Hall–Kier alpha value is -8.46. The molecule has 11 aromatic carbocycles. The summed E-state index contributed by atoms with van der Waals surface area (Å²) in [4.78, 5) is 5.02. The second kappa shape index (κ2) is 15.6. The third-order valence-electron chi connectivity index (χ3n) is 14.8. The van der Waals surface area contributed by atoms with Crippen LogP contribution < -0.4 is 9.80 Å². The predicted molar refractivity (Wildman–Crippen MR) is 286 cm³/mol. The lowest BCUT2D eigenvalue weighted by atomic mass is 9.55. The van der Waals surface area contributed by atoms with E-state index in [1.807, 2.05) is 0 Å². The zero-order valence-electron chi connectivity index (χ0n) is 38.1. The van der Waals surface area contributed by atoms with E-state index in [-0.39, 0.29) is 5.41 Å². The minimum Gasteiger partial charge on any atom is -0.310 e. The second-order valence-corrected chi connectivity index (χ2v) is 18.8. The van der Waals surface area contributed by atoms with Crippen molar-refractivity contribution >= 4 is 55.7 Å². The lowest BCUT2D eigenvalue weighted by Gasteiger charge is -2.48. The Balaban J connectivity index is 1.12. The molecule has 322 valence electrons. The van der Waals surface area contributed by atoms with E-state index in [9.17, 15) is 0 Å². The summed E-state index contributed by atoms with van der Waals surface area (Å²) in [5.41, 5.74) is 18.6.